The number of hydrogen-bond donors (Lipinski definition) is 1. The third-order valence-electron chi connectivity index (χ3n) is 4.32. The summed E-state index contributed by atoms with van der Waals surface area (Å²) in [5.74, 6) is 0.0619. The molecule has 4 heteroatoms. The fourth-order valence-electron chi connectivity index (χ4n) is 3.01. The number of amides is 1. The highest BCUT2D eigenvalue weighted by Crippen LogP contribution is 2.19. The number of rotatable bonds is 4. The Labute approximate surface area is 142 Å². The Morgan fingerprint density at radius 2 is 1.87 bits per heavy atom. The van der Waals surface area contributed by atoms with Crippen LogP contribution in [-0.4, -0.2) is 23.9 Å². The molecule has 1 atom stereocenters. The Morgan fingerprint density at radius 1 is 1.17 bits per heavy atom. The molecule has 1 N–H and O–H groups in total. The molecular weight excluding hydrogens is 308 g/mol. The number of hydrogen-bond acceptors (Lipinski definition) is 2. The fourth-order valence-corrected chi connectivity index (χ4v) is 3.14. The second kappa shape index (κ2) is 7.16. The zero-order valence-corrected chi connectivity index (χ0v) is 14.0. The minimum atomic E-state index is -0.0168. The molecule has 23 heavy (non-hydrogen) atoms. The van der Waals surface area contributed by atoms with E-state index in [0.29, 0.717) is 11.6 Å². The Balaban J connectivity index is 1.55. The molecule has 0 saturated heterocycles. The van der Waals surface area contributed by atoms with Crippen LogP contribution in [0.1, 0.15) is 29.7 Å². The molecule has 0 saturated carbocycles. The molecule has 3 rings (SSSR count). The molecule has 120 valence electrons. The van der Waals surface area contributed by atoms with E-state index < -0.39 is 0 Å². The molecule has 1 aliphatic rings. The summed E-state index contributed by atoms with van der Waals surface area (Å²) in [6.07, 6.45) is 1.01. The van der Waals surface area contributed by atoms with Crippen LogP contribution in [0.5, 0.6) is 0 Å². The standard InChI is InChI=1S/C19H21ClN2O/c1-14(15-6-8-18(20)9-7-15)21-19(23)13-22-11-10-16-4-2-3-5-17(16)12-22/h2-9,14H,10-13H2,1H3,(H,21,23)/t14-/m0/s1. The first-order valence-corrected chi connectivity index (χ1v) is 8.33. The quantitative estimate of drug-likeness (QED) is 0.930. The normalized spacial score (nSPS) is 15.7. The number of carbonyl (C=O) groups is 1. The van der Waals surface area contributed by atoms with E-state index in [-0.39, 0.29) is 11.9 Å². The number of nitrogens with one attached hydrogen (secondary N) is 1. The highest BCUT2D eigenvalue weighted by molar-refractivity contribution is 6.30. The molecule has 1 aliphatic heterocycles. The predicted molar refractivity (Wildman–Crippen MR) is 93.4 cm³/mol. The van der Waals surface area contributed by atoms with Crippen LogP contribution in [-0.2, 0) is 17.8 Å². The number of halogens is 1. The van der Waals surface area contributed by atoms with E-state index in [2.05, 4.69) is 34.5 Å². The summed E-state index contributed by atoms with van der Waals surface area (Å²) in [7, 11) is 0. The predicted octanol–water partition coefficient (Wildman–Crippen LogP) is 3.58. The molecule has 0 aromatic heterocycles. The Bertz CT molecular complexity index is 684. The molecule has 0 bridgehead atoms. The number of nitrogens with zero attached hydrogens (tertiary/aromatic N) is 1. The number of fused-ring (bicyclic) bond motifs is 1. The Morgan fingerprint density at radius 3 is 2.61 bits per heavy atom. The van der Waals surface area contributed by atoms with Crippen LogP contribution in [0.15, 0.2) is 48.5 Å². The Hall–Kier alpha value is -1.84. The van der Waals surface area contributed by atoms with Crippen molar-refractivity contribution >= 4 is 17.5 Å². The molecular formula is C19H21ClN2O. The monoisotopic (exact) mass is 328 g/mol. The highest BCUT2D eigenvalue weighted by Gasteiger charge is 2.19. The summed E-state index contributed by atoms with van der Waals surface area (Å²) in [5, 5.41) is 3.77. The van der Waals surface area contributed by atoms with Crippen LogP contribution in [0.3, 0.4) is 0 Å². The second-order valence-electron chi connectivity index (χ2n) is 6.07. The van der Waals surface area contributed by atoms with Crippen molar-refractivity contribution in [1.29, 1.82) is 0 Å². The van der Waals surface area contributed by atoms with E-state index in [1.807, 2.05) is 31.2 Å². The van der Waals surface area contributed by atoms with E-state index in [9.17, 15) is 4.79 Å². The van der Waals surface area contributed by atoms with Gasteiger partial charge in [0.15, 0.2) is 0 Å². The zero-order valence-electron chi connectivity index (χ0n) is 13.3. The molecule has 1 heterocycles. The molecule has 2 aromatic rings. The molecule has 0 fully saturated rings. The van der Waals surface area contributed by atoms with Crippen LogP contribution in [0, 0.1) is 0 Å². The van der Waals surface area contributed by atoms with E-state index in [1.165, 1.54) is 11.1 Å². The molecule has 0 radical (unpaired) electrons. The van der Waals surface area contributed by atoms with Crippen molar-refractivity contribution in [1.82, 2.24) is 10.2 Å². The third kappa shape index (κ3) is 4.12. The van der Waals surface area contributed by atoms with Crippen molar-refractivity contribution in [3.63, 3.8) is 0 Å². The summed E-state index contributed by atoms with van der Waals surface area (Å²) < 4.78 is 0. The lowest BCUT2D eigenvalue weighted by atomic mass is 10.00. The van der Waals surface area contributed by atoms with Crippen molar-refractivity contribution in [2.45, 2.75) is 25.9 Å². The lowest BCUT2D eigenvalue weighted by Gasteiger charge is -2.28. The van der Waals surface area contributed by atoms with E-state index in [1.54, 1.807) is 0 Å². The van der Waals surface area contributed by atoms with Crippen molar-refractivity contribution in [2.24, 2.45) is 0 Å². The maximum atomic E-state index is 12.3. The summed E-state index contributed by atoms with van der Waals surface area (Å²) in [4.78, 5) is 14.5. The average molecular weight is 329 g/mol. The lowest BCUT2D eigenvalue weighted by Crippen LogP contribution is -2.40. The van der Waals surface area contributed by atoms with Gasteiger partial charge in [0.2, 0.25) is 5.91 Å². The van der Waals surface area contributed by atoms with Gasteiger partial charge in [-0.25, -0.2) is 0 Å². The van der Waals surface area contributed by atoms with Gasteiger partial charge in [-0.15, -0.1) is 0 Å². The molecule has 0 unspecified atom stereocenters. The fraction of sp³-hybridized carbons (Fsp3) is 0.316. The summed E-state index contributed by atoms with van der Waals surface area (Å²) in [6, 6.07) is 16.0. The van der Waals surface area contributed by atoms with Crippen LogP contribution in [0.2, 0.25) is 5.02 Å². The van der Waals surface area contributed by atoms with E-state index in [0.717, 1.165) is 25.1 Å². The number of benzene rings is 2. The van der Waals surface area contributed by atoms with Gasteiger partial charge in [0.1, 0.15) is 0 Å². The second-order valence-corrected chi connectivity index (χ2v) is 6.51. The summed E-state index contributed by atoms with van der Waals surface area (Å²) >= 11 is 5.90. The van der Waals surface area contributed by atoms with Gasteiger partial charge in [-0.2, -0.15) is 0 Å². The molecule has 3 nitrogen and oxygen atoms in total. The van der Waals surface area contributed by atoms with E-state index >= 15 is 0 Å². The van der Waals surface area contributed by atoms with Crippen molar-refractivity contribution in [3.8, 4) is 0 Å². The van der Waals surface area contributed by atoms with Crippen LogP contribution in [0.4, 0.5) is 0 Å². The van der Waals surface area contributed by atoms with Gasteiger partial charge in [0, 0.05) is 18.1 Å². The van der Waals surface area contributed by atoms with Crippen LogP contribution < -0.4 is 5.32 Å². The zero-order chi connectivity index (χ0) is 16.2. The maximum absolute atomic E-state index is 12.3. The average Bonchev–Trinajstić information content (AvgIpc) is 2.55. The van der Waals surface area contributed by atoms with Crippen molar-refractivity contribution < 1.29 is 4.79 Å². The lowest BCUT2D eigenvalue weighted by molar-refractivity contribution is -0.123. The molecule has 1 amide bonds. The third-order valence-corrected chi connectivity index (χ3v) is 4.58. The van der Waals surface area contributed by atoms with Gasteiger partial charge in [-0.3, -0.25) is 9.69 Å². The topological polar surface area (TPSA) is 32.3 Å². The van der Waals surface area contributed by atoms with E-state index in [4.69, 9.17) is 11.6 Å². The van der Waals surface area contributed by atoms with Gasteiger partial charge < -0.3 is 5.32 Å². The molecule has 0 spiro atoms. The van der Waals surface area contributed by atoms with Crippen LogP contribution in [0.25, 0.3) is 0 Å². The summed E-state index contributed by atoms with van der Waals surface area (Å²) in [5.41, 5.74) is 3.79. The van der Waals surface area contributed by atoms with Gasteiger partial charge in [-0.1, -0.05) is 48.0 Å². The molecule has 0 aliphatic carbocycles. The maximum Gasteiger partial charge on any atom is 0.234 e. The van der Waals surface area contributed by atoms with Crippen molar-refractivity contribution in [2.75, 3.05) is 13.1 Å². The van der Waals surface area contributed by atoms with Crippen LogP contribution >= 0.6 is 11.6 Å². The first kappa shape index (κ1) is 16.0. The minimum Gasteiger partial charge on any atom is -0.348 e. The number of carbonyl (C=O) groups excluding carboxylic acids is 1. The highest BCUT2D eigenvalue weighted by atomic mass is 35.5. The smallest absolute Gasteiger partial charge is 0.234 e. The van der Waals surface area contributed by atoms with Crippen molar-refractivity contribution in [3.05, 3.63) is 70.2 Å². The molecule has 2 aromatic carbocycles. The van der Waals surface area contributed by atoms with Gasteiger partial charge in [0.05, 0.1) is 12.6 Å². The summed E-state index contributed by atoms with van der Waals surface area (Å²) in [6.45, 7) is 4.21. The largest absolute Gasteiger partial charge is 0.348 e. The Kier molecular flexibility index (Phi) is 4.99. The first-order valence-electron chi connectivity index (χ1n) is 7.96. The van der Waals surface area contributed by atoms with Gasteiger partial charge in [-0.05, 0) is 42.2 Å². The SMILES string of the molecule is C[C@H](NC(=O)CN1CCc2ccccc2C1)c1ccc(Cl)cc1. The van der Waals surface area contributed by atoms with Gasteiger partial charge >= 0.3 is 0 Å². The first-order chi connectivity index (χ1) is 11.1. The minimum absolute atomic E-state index is 0.0168. The van der Waals surface area contributed by atoms with Gasteiger partial charge in [0.25, 0.3) is 0 Å².